The quantitative estimate of drug-likeness (QED) is 0.0294. The number of carbonyl (C=O) groups excluding carboxylic acids is 7. The number of unbranched alkanes of at least 4 members (excludes halogenated alkanes) is 1. The predicted octanol–water partition coefficient (Wildman–Crippen LogP) is 6.65. The summed E-state index contributed by atoms with van der Waals surface area (Å²) in [5.74, 6) is -0.826. The fraction of sp³-hybridized carbons (Fsp3) is 0.475. The third-order valence-electron chi connectivity index (χ3n) is 12.5. The fourth-order valence-electron chi connectivity index (χ4n) is 8.46. The van der Waals surface area contributed by atoms with Crippen LogP contribution in [0.2, 0.25) is 0 Å². The van der Waals surface area contributed by atoms with Crippen LogP contribution in [0.4, 0.5) is 9.59 Å². The third kappa shape index (κ3) is 18.9. The number of nitrogens with one attached hydrogen (secondary N) is 3. The zero-order valence-corrected chi connectivity index (χ0v) is 47.5. The molecular weight excluding hydrogens is 1030 g/mol. The number of carbonyl (C=O) groups is 7. The normalized spacial score (nSPS) is 13.7. The summed E-state index contributed by atoms with van der Waals surface area (Å²) in [4.78, 5) is 99.1. The van der Waals surface area contributed by atoms with Crippen LogP contribution in [0.3, 0.4) is 0 Å². The maximum absolute atomic E-state index is 14.5. The highest BCUT2D eigenvalue weighted by atomic mass is 16.6. The highest BCUT2D eigenvalue weighted by molar-refractivity contribution is 6.21. The van der Waals surface area contributed by atoms with Crippen LogP contribution in [0.1, 0.15) is 123 Å². The summed E-state index contributed by atoms with van der Waals surface area (Å²) >= 11 is 0. The molecule has 1 aliphatic rings. The van der Waals surface area contributed by atoms with E-state index >= 15 is 0 Å². The van der Waals surface area contributed by atoms with Gasteiger partial charge in [-0.3, -0.25) is 28.9 Å². The summed E-state index contributed by atoms with van der Waals surface area (Å²) in [6.45, 7) is 12.9. The van der Waals surface area contributed by atoms with E-state index in [2.05, 4.69) is 16.0 Å². The molecule has 21 heteroatoms. The van der Waals surface area contributed by atoms with Crippen LogP contribution in [0.15, 0.2) is 91.0 Å². The first-order valence-corrected chi connectivity index (χ1v) is 26.7. The van der Waals surface area contributed by atoms with Crippen LogP contribution < -0.4 is 34.9 Å². The maximum atomic E-state index is 14.5. The maximum Gasteiger partial charge on any atom is 0.408 e. The lowest BCUT2D eigenvalue weighted by molar-refractivity contribution is -0.137. The van der Waals surface area contributed by atoms with Gasteiger partial charge >= 0.3 is 12.2 Å². The second-order valence-corrected chi connectivity index (χ2v) is 21.3. The van der Waals surface area contributed by atoms with E-state index < -0.39 is 77.2 Å². The molecule has 0 aliphatic carbocycles. The van der Waals surface area contributed by atoms with Gasteiger partial charge in [0.15, 0.2) is 11.5 Å². The Morgan fingerprint density at radius 1 is 0.575 bits per heavy atom. The number of hydrogen-bond donors (Lipinski definition) is 5. The Hall–Kier alpha value is -7.91. The van der Waals surface area contributed by atoms with E-state index in [9.17, 15) is 43.8 Å². The number of ether oxygens (including phenoxy) is 6. The molecule has 7 amide bonds. The Morgan fingerprint density at radius 3 is 1.48 bits per heavy atom. The van der Waals surface area contributed by atoms with Gasteiger partial charge in [-0.05, 0) is 141 Å². The predicted molar refractivity (Wildman–Crippen MR) is 297 cm³/mol. The van der Waals surface area contributed by atoms with Crippen LogP contribution in [0, 0.1) is 0 Å². The Kier molecular flexibility index (Phi) is 23.1. The number of para-hydroxylation sites is 1. The van der Waals surface area contributed by atoms with E-state index in [0.717, 1.165) is 16.0 Å². The van der Waals surface area contributed by atoms with E-state index in [1.165, 1.54) is 23.6 Å². The van der Waals surface area contributed by atoms with E-state index in [1.54, 1.807) is 110 Å². The van der Waals surface area contributed by atoms with Crippen molar-refractivity contribution in [2.75, 3.05) is 53.5 Å². The van der Waals surface area contributed by atoms with Crippen molar-refractivity contribution >= 4 is 41.7 Å². The molecule has 80 heavy (non-hydrogen) atoms. The minimum absolute atomic E-state index is 0.00506. The monoisotopic (exact) mass is 1110 g/mol. The number of alkyl carbamates (subject to hydrolysis) is 2. The van der Waals surface area contributed by atoms with Gasteiger partial charge < -0.3 is 64.4 Å². The molecule has 434 valence electrons. The number of benzene rings is 4. The number of aliphatic hydroxyl groups excluding tert-OH is 2. The van der Waals surface area contributed by atoms with Gasteiger partial charge in [0.05, 0.1) is 43.1 Å². The molecule has 21 nitrogen and oxygen atoms in total. The summed E-state index contributed by atoms with van der Waals surface area (Å²) in [5, 5.41) is 29.7. The number of fused-ring (bicyclic) bond motifs is 1. The van der Waals surface area contributed by atoms with Gasteiger partial charge in [0, 0.05) is 39.3 Å². The molecule has 0 unspecified atom stereocenters. The van der Waals surface area contributed by atoms with Crippen molar-refractivity contribution in [3.63, 3.8) is 0 Å². The molecule has 0 spiro atoms. The molecule has 0 radical (unpaired) electrons. The third-order valence-corrected chi connectivity index (χ3v) is 12.5. The van der Waals surface area contributed by atoms with Crippen molar-refractivity contribution in [3.8, 4) is 23.0 Å². The molecule has 0 aromatic heterocycles. The molecule has 0 fully saturated rings. The van der Waals surface area contributed by atoms with E-state index in [0.29, 0.717) is 34.8 Å². The van der Waals surface area contributed by atoms with Crippen LogP contribution >= 0.6 is 0 Å². The Labute approximate surface area is 468 Å². The van der Waals surface area contributed by atoms with Crippen molar-refractivity contribution < 1.29 is 72.2 Å². The molecule has 4 atom stereocenters. The van der Waals surface area contributed by atoms with E-state index in [1.807, 2.05) is 36.4 Å². The minimum atomic E-state index is -1.47. The summed E-state index contributed by atoms with van der Waals surface area (Å²) in [5.41, 5.74) is 0.586. The Balaban J connectivity index is 1.35. The summed E-state index contributed by atoms with van der Waals surface area (Å²) < 4.78 is 34.0. The summed E-state index contributed by atoms with van der Waals surface area (Å²) in [6.07, 6.45) is -3.77. The number of nitrogens with zero attached hydrogens (tertiary/aromatic N) is 3. The van der Waals surface area contributed by atoms with E-state index in [4.69, 9.17) is 28.4 Å². The smallest absolute Gasteiger partial charge is 0.408 e. The summed E-state index contributed by atoms with van der Waals surface area (Å²) in [6, 6.07) is 23.2. The first-order valence-electron chi connectivity index (χ1n) is 26.7. The van der Waals surface area contributed by atoms with Crippen LogP contribution in [0.5, 0.6) is 23.0 Å². The highest BCUT2D eigenvalue weighted by Crippen LogP contribution is 2.33. The lowest BCUT2D eigenvalue weighted by Gasteiger charge is -2.32. The molecular formula is C59H78N6O15. The molecule has 0 saturated carbocycles. The Morgan fingerprint density at radius 2 is 1.02 bits per heavy atom. The largest absolute Gasteiger partial charge is 0.497 e. The zero-order chi connectivity index (χ0) is 58.7. The Bertz CT molecular complexity index is 2700. The van der Waals surface area contributed by atoms with Crippen molar-refractivity contribution in [2.24, 2.45) is 0 Å². The van der Waals surface area contributed by atoms with Crippen molar-refractivity contribution in [2.45, 2.75) is 130 Å². The molecule has 1 heterocycles. The van der Waals surface area contributed by atoms with Crippen molar-refractivity contribution in [1.82, 2.24) is 30.7 Å². The number of aliphatic hydroxyl groups is 2. The van der Waals surface area contributed by atoms with Crippen LogP contribution in [0.25, 0.3) is 0 Å². The number of amides is 7. The number of imide groups is 1. The van der Waals surface area contributed by atoms with Gasteiger partial charge in [0.1, 0.15) is 48.0 Å². The lowest BCUT2D eigenvalue weighted by Crippen LogP contribution is -2.56. The first kappa shape index (κ1) is 62.9. The first-order chi connectivity index (χ1) is 37.9. The highest BCUT2D eigenvalue weighted by Gasteiger charge is 2.36. The molecule has 5 N–H and O–H groups in total. The minimum Gasteiger partial charge on any atom is -0.497 e. The van der Waals surface area contributed by atoms with Gasteiger partial charge in [-0.1, -0.05) is 42.5 Å². The molecule has 1 aliphatic heterocycles. The molecule has 4 aromatic carbocycles. The van der Waals surface area contributed by atoms with Crippen molar-refractivity contribution in [1.29, 1.82) is 0 Å². The SMILES string of the molecule is COc1ccc(COc2cccc(C(=O)NCCCN(CCCN(CCCCN3C(=O)c4ccccc4C3=O)C(=O)[C@@H](NC(=O)OC(C)(C)C)[C@@H](C)O)C(=O)[C@@H](NC(=O)OC(C)(C)C)[C@@H](C)O)c2OCc2ccc(OC)cc2)cc1. The van der Waals surface area contributed by atoms with Crippen molar-refractivity contribution in [3.05, 3.63) is 119 Å². The molecule has 4 aromatic rings. The van der Waals surface area contributed by atoms with Gasteiger partial charge in [0.25, 0.3) is 17.7 Å². The average molecular weight is 1110 g/mol. The van der Waals surface area contributed by atoms with Gasteiger partial charge in [-0.25, -0.2) is 9.59 Å². The standard InChI is InChI=1S/C59H78N6O15/c1-38(66)48(61-56(73)79-58(3,4)5)54(71)63(31-13-14-35-65-52(69)44-18-11-12-19-45(44)53(65)70)33-17-34-64(55(72)49(39(2)67)62-57(74)80-59(6,7)8)32-16-30-60-51(68)46-20-15-21-47(77-36-40-22-26-42(75-9)27-23-40)50(46)78-37-41-24-28-43(76-10)29-25-41/h11-12,15,18-29,38-39,48-49,66-67H,13-14,16-17,30-37H2,1-10H3,(H,60,68)(H,61,73)(H,62,74)/t38-,39-,48+,49+/m1/s1. The van der Waals surface area contributed by atoms with E-state index in [-0.39, 0.29) is 83.1 Å². The van der Waals surface area contributed by atoms with Gasteiger partial charge in [-0.2, -0.15) is 0 Å². The van der Waals surface area contributed by atoms with Gasteiger partial charge in [-0.15, -0.1) is 0 Å². The number of rotatable bonds is 28. The lowest BCUT2D eigenvalue weighted by atomic mass is 10.1. The number of hydrogen-bond acceptors (Lipinski definition) is 15. The average Bonchev–Trinajstić information content (AvgIpc) is 3.66. The zero-order valence-electron chi connectivity index (χ0n) is 47.5. The second kappa shape index (κ2) is 29.3. The second-order valence-electron chi connectivity index (χ2n) is 21.3. The van der Waals surface area contributed by atoms with Gasteiger partial charge in [0.2, 0.25) is 11.8 Å². The van der Waals surface area contributed by atoms with Crippen LogP contribution in [-0.2, 0) is 32.3 Å². The number of methoxy groups -OCH3 is 2. The molecule has 0 bridgehead atoms. The fourth-order valence-corrected chi connectivity index (χ4v) is 8.46. The topological polar surface area (TPSA) is 261 Å². The molecule has 0 saturated heterocycles. The summed E-state index contributed by atoms with van der Waals surface area (Å²) in [7, 11) is 3.15. The van der Waals surface area contributed by atoms with Crippen LogP contribution in [-0.4, -0.2) is 156 Å². The molecule has 5 rings (SSSR count).